The lowest BCUT2D eigenvalue weighted by atomic mass is 9.88. The third-order valence-electron chi connectivity index (χ3n) is 10.2. The normalized spacial score (nSPS) is 22.9. The lowest BCUT2D eigenvalue weighted by Crippen LogP contribution is -2.40. The maximum atomic E-state index is 12.4. The Balaban J connectivity index is 1.24. The van der Waals surface area contributed by atoms with Gasteiger partial charge in [0.05, 0.1) is 12.7 Å². The number of hydrogen-bond acceptors (Lipinski definition) is 5. The monoisotopic (exact) mass is 612 g/mol. The van der Waals surface area contributed by atoms with Gasteiger partial charge in [-0.3, -0.25) is 4.79 Å². The largest absolute Gasteiger partial charge is 0.493 e. The van der Waals surface area contributed by atoms with Crippen molar-refractivity contribution in [2.24, 2.45) is 23.0 Å². The van der Waals surface area contributed by atoms with Crippen LogP contribution in [-0.2, 0) is 16.1 Å². The summed E-state index contributed by atoms with van der Waals surface area (Å²) in [6.45, 7) is 9.93. The third-order valence-corrected chi connectivity index (χ3v) is 10.2. The number of carbonyl (C=O) groups is 1. The molecule has 3 rings (SSSR count). The van der Waals surface area contributed by atoms with Crippen LogP contribution in [0.2, 0.25) is 0 Å². The maximum absolute atomic E-state index is 12.4. The van der Waals surface area contributed by atoms with Crippen molar-refractivity contribution in [3.63, 3.8) is 0 Å². The first-order valence-electron chi connectivity index (χ1n) is 17.9. The molecule has 6 heteroatoms. The van der Waals surface area contributed by atoms with Gasteiger partial charge in [0.15, 0.2) is 11.5 Å². The van der Waals surface area contributed by atoms with Gasteiger partial charge in [-0.1, -0.05) is 104 Å². The minimum Gasteiger partial charge on any atom is -0.493 e. The number of nitrogens with two attached hydrogens (primary N) is 1. The molecule has 1 aromatic carbocycles. The Hall–Kier alpha value is -2.05. The van der Waals surface area contributed by atoms with Crippen molar-refractivity contribution in [2.75, 3.05) is 13.7 Å². The van der Waals surface area contributed by atoms with Gasteiger partial charge in [0.2, 0.25) is 5.91 Å². The summed E-state index contributed by atoms with van der Waals surface area (Å²) in [6, 6.07) is 5.78. The van der Waals surface area contributed by atoms with Crippen LogP contribution in [0, 0.1) is 17.3 Å². The van der Waals surface area contributed by atoms with Crippen molar-refractivity contribution < 1.29 is 19.0 Å². The van der Waals surface area contributed by atoms with E-state index in [1.165, 1.54) is 83.5 Å². The van der Waals surface area contributed by atoms with E-state index in [4.69, 9.17) is 19.9 Å². The van der Waals surface area contributed by atoms with E-state index in [-0.39, 0.29) is 23.5 Å². The standard InChI is InChI=1S/C38H64N2O4/c1-6-7-8-9-10-11-12-13-14-15-16-17-18-19-20-21-36(41)40-28-31-23-24-32(33(26-31)42-5)43-29-35(39)44-38-27-30(2)22-25-34(38)37(38,3)4/h13-14,23-24,26,30,34-35H,6-12,15-22,25,27-29,39H2,1-5H3,(H,40,41)/b14-13-. The summed E-state index contributed by atoms with van der Waals surface area (Å²) < 4.78 is 18.1. The van der Waals surface area contributed by atoms with Crippen LogP contribution in [0.15, 0.2) is 30.4 Å². The molecule has 2 aliphatic rings. The van der Waals surface area contributed by atoms with Gasteiger partial charge >= 0.3 is 0 Å². The van der Waals surface area contributed by atoms with E-state index in [0.717, 1.165) is 24.8 Å². The second kappa shape index (κ2) is 18.8. The highest BCUT2D eigenvalue weighted by atomic mass is 16.6. The van der Waals surface area contributed by atoms with Gasteiger partial charge < -0.3 is 25.3 Å². The van der Waals surface area contributed by atoms with Crippen molar-refractivity contribution in [3.05, 3.63) is 35.9 Å². The summed E-state index contributed by atoms with van der Waals surface area (Å²) in [5, 5.41) is 3.05. The molecule has 44 heavy (non-hydrogen) atoms. The minimum absolute atomic E-state index is 0.0998. The molecule has 1 aromatic rings. The molecule has 0 bridgehead atoms. The third kappa shape index (κ3) is 11.1. The minimum atomic E-state index is -0.496. The number of fused-ring (bicyclic) bond motifs is 1. The highest BCUT2D eigenvalue weighted by molar-refractivity contribution is 5.75. The molecule has 0 aromatic heterocycles. The zero-order valence-electron chi connectivity index (χ0n) is 28.8. The fourth-order valence-electron chi connectivity index (χ4n) is 7.34. The first kappa shape index (κ1) is 36.4. The fraction of sp³-hybridized carbons (Fsp3) is 0.763. The molecule has 2 aliphatic carbocycles. The predicted molar refractivity (Wildman–Crippen MR) is 182 cm³/mol. The summed E-state index contributed by atoms with van der Waals surface area (Å²) in [5.74, 6) is 2.61. The number of allylic oxidation sites excluding steroid dienone is 2. The molecule has 0 aliphatic heterocycles. The molecule has 6 nitrogen and oxygen atoms in total. The Kier molecular flexibility index (Phi) is 15.6. The van der Waals surface area contributed by atoms with E-state index in [1.54, 1.807) is 7.11 Å². The highest BCUT2D eigenvalue weighted by Gasteiger charge is 2.73. The van der Waals surface area contributed by atoms with E-state index in [2.05, 4.69) is 45.2 Å². The lowest BCUT2D eigenvalue weighted by Gasteiger charge is -2.31. The van der Waals surface area contributed by atoms with E-state index >= 15 is 0 Å². The Labute approximate surface area is 269 Å². The van der Waals surface area contributed by atoms with Gasteiger partial charge in [-0.2, -0.15) is 0 Å². The number of rotatable bonds is 23. The van der Waals surface area contributed by atoms with Gasteiger partial charge in [0, 0.05) is 13.0 Å². The zero-order valence-corrected chi connectivity index (χ0v) is 28.8. The number of amides is 1. The van der Waals surface area contributed by atoms with E-state index in [1.807, 2.05) is 18.2 Å². The zero-order chi connectivity index (χ0) is 31.8. The van der Waals surface area contributed by atoms with Crippen LogP contribution in [-0.4, -0.2) is 31.5 Å². The van der Waals surface area contributed by atoms with Gasteiger partial charge in [-0.15, -0.1) is 0 Å². The Morgan fingerprint density at radius 1 is 0.977 bits per heavy atom. The van der Waals surface area contributed by atoms with Crippen LogP contribution in [0.25, 0.3) is 0 Å². The lowest BCUT2D eigenvalue weighted by molar-refractivity contribution is -0.121. The average Bonchev–Trinajstić information content (AvgIpc) is 3.48. The Bertz CT molecular complexity index is 1010. The van der Waals surface area contributed by atoms with E-state index < -0.39 is 6.23 Å². The van der Waals surface area contributed by atoms with Gasteiger partial charge in [-0.05, 0) is 79.9 Å². The van der Waals surface area contributed by atoms with Gasteiger partial charge in [0.25, 0.3) is 0 Å². The number of methoxy groups -OCH3 is 1. The molecule has 250 valence electrons. The number of carbonyl (C=O) groups excluding carboxylic acids is 1. The molecule has 3 N–H and O–H groups in total. The van der Waals surface area contributed by atoms with Gasteiger partial charge in [0.1, 0.15) is 12.8 Å². The maximum Gasteiger partial charge on any atom is 0.220 e. The molecule has 4 atom stereocenters. The molecule has 2 saturated carbocycles. The van der Waals surface area contributed by atoms with Crippen LogP contribution in [0.1, 0.15) is 142 Å². The quantitative estimate of drug-likeness (QED) is 0.0731. The average molecular weight is 613 g/mol. The summed E-state index contributed by atoms with van der Waals surface area (Å²) in [4.78, 5) is 12.4. The first-order chi connectivity index (χ1) is 21.2. The van der Waals surface area contributed by atoms with Crippen LogP contribution in [0.3, 0.4) is 0 Å². The molecule has 0 radical (unpaired) electrons. The van der Waals surface area contributed by atoms with Crippen LogP contribution in [0.4, 0.5) is 0 Å². The second-order valence-corrected chi connectivity index (χ2v) is 14.1. The summed E-state index contributed by atoms with van der Waals surface area (Å²) in [7, 11) is 1.63. The Morgan fingerprint density at radius 3 is 2.32 bits per heavy atom. The SMILES string of the molecule is CCCCCCCC/C=C\CCCCCCCC(=O)NCc1ccc(OCC(N)OC23CC(C)CCC2C3(C)C)c(OC)c1. The van der Waals surface area contributed by atoms with Gasteiger partial charge in [-0.25, -0.2) is 0 Å². The molecular weight excluding hydrogens is 548 g/mol. The summed E-state index contributed by atoms with van der Waals surface area (Å²) in [5.41, 5.74) is 7.44. The van der Waals surface area contributed by atoms with Crippen molar-refractivity contribution in [1.82, 2.24) is 5.32 Å². The first-order valence-corrected chi connectivity index (χ1v) is 17.9. The van der Waals surface area contributed by atoms with Crippen LogP contribution < -0.4 is 20.5 Å². The summed E-state index contributed by atoms with van der Waals surface area (Å²) >= 11 is 0. The van der Waals surface area contributed by atoms with E-state index in [9.17, 15) is 4.79 Å². The molecule has 2 fully saturated rings. The number of unbranched alkanes of at least 4 members (excludes halogenated alkanes) is 11. The fourth-order valence-corrected chi connectivity index (χ4v) is 7.34. The smallest absolute Gasteiger partial charge is 0.220 e. The number of nitrogens with one attached hydrogen (secondary N) is 1. The molecule has 4 unspecified atom stereocenters. The second-order valence-electron chi connectivity index (χ2n) is 14.1. The van der Waals surface area contributed by atoms with Crippen molar-refractivity contribution in [3.8, 4) is 11.5 Å². The van der Waals surface area contributed by atoms with Crippen molar-refractivity contribution in [1.29, 1.82) is 0 Å². The van der Waals surface area contributed by atoms with Crippen LogP contribution in [0.5, 0.6) is 11.5 Å². The Morgan fingerprint density at radius 2 is 1.64 bits per heavy atom. The number of hydrogen-bond donors (Lipinski definition) is 2. The predicted octanol–water partition coefficient (Wildman–Crippen LogP) is 9.24. The molecule has 0 spiro atoms. The highest BCUT2D eigenvalue weighted by Crippen LogP contribution is 2.71. The van der Waals surface area contributed by atoms with Crippen molar-refractivity contribution >= 4 is 5.91 Å². The van der Waals surface area contributed by atoms with E-state index in [0.29, 0.717) is 36.3 Å². The number of ether oxygens (including phenoxy) is 3. The number of benzene rings is 1. The topological polar surface area (TPSA) is 82.8 Å². The molecular formula is C38H64N2O4. The molecule has 1 amide bonds. The molecule has 0 saturated heterocycles. The van der Waals surface area contributed by atoms with Crippen molar-refractivity contribution in [2.45, 2.75) is 155 Å². The summed E-state index contributed by atoms with van der Waals surface area (Å²) in [6.07, 6.45) is 24.7. The van der Waals surface area contributed by atoms with Crippen LogP contribution >= 0.6 is 0 Å². The molecule has 0 heterocycles.